The normalized spacial score (nSPS) is 18.2. The fraction of sp³-hybridized carbons (Fsp3) is 0.235. The number of rotatable bonds is 10. The van der Waals surface area contributed by atoms with E-state index in [1.165, 1.54) is 0 Å². The van der Waals surface area contributed by atoms with Crippen LogP contribution in [0.3, 0.4) is 0 Å². The van der Waals surface area contributed by atoms with Crippen molar-refractivity contribution in [2.75, 3.05) is 5.75 Å². The van der Waals surface area contributed by atoms with Gasteiger partial charge in [0.25, 0.3) is 5.91 Å². The zero-order valence-electron chi connectivity index (χ0n) is 24.1. The summed E-state index contributed by atoms with van der Waals surface area (Å²) in [5, 5.41) is 21.8. The second-order valence-corrected chi connectivity index (χ2v) is 12.9. The zero-order valence-corrected chi connectivity index (χ0v) is 25.8. The second kappa shape index (κ2) is 14.2. The van der Waals surface area contributed by atoms with Crippen molar-refractivity contribution in [2.45, 2.75) is 49.3 Å². The van der Waals surface area contributed by atoms with Gasteiger partial charge in [-0.05, 0) is 52.9 Å². The van der Waals surface area contributed by atoms with E-state index in [1.807, 2.05) is 55.5 Å². The number of aromatic nitrogens is 3. The fourth-order valence-corrected chi connectivity index (χ4v) is 6.86. The molecule has 1 amide bonds. The number of aliphatic hydroxyl groups excluding tert-OH is 1. The first kappa shape index (κ1) is 30.1. The first-order valence-corrected chi connectivity index (χ1v) is 16.2. The van der Waals surface area contributed by atoms with Gasteiger partial charge in [-0.15, -0.1) is 10.2 Å². The van der Waals surface area contributed by atoms with Crippen LogP contribution in [0.5, 0.6) is 0 Å². The SMILES string of the molecule is Cc1nnc(SC[C@H]2C[C@@H](c3ccc(CO)cc3)O[C@@H](c3ccc(-c4cccc(CNC(=O)c5cccnc5)c4)cc3)O2)s1. The van der Waals surface area contributed by atoms with Gasteiger partial charge in [0.2, 0.25) is 0 Å². The van der Waals surface area contributed by atoms with E-state index in [0.29, 0.717) is 18.5 Å². The maximum Gasteiger partial charge on any atom is 0.253 e. The summed E-state index contributed by atoms with van der Waals surface area (Å²) in [5.41, 5.74) is 6.51. The highest BCUT2D eigenvalue weighted by atomic mass is 32.2. The van der Waals surface area contributed by atoms with Crippen LogP contribution in [0.4, 0.5) is 0 Å². The average Bonchev–Trinajstić information content (AvgIpc) is 3.51. The monoisotopic (exact) mass is 624 g/mol. The summed E-state index contributed by atoms with van der Waals surface area (Å²) in [6.07, 6.45) is 3.18. The summed E-state index contributed by atoms with van der Waals surface area (Å²) in [6.45, 7) is 2.38. The number of amides is 1. The van der Waals surface area contributed by atoms with Crippen LogP contribution in [0.2, 0.25) is 0 Å². The third kappa shape index (κ3) is 7.58. The number of pyridine rings is 1. The Balaban J connectivity index is 1.15. The topological polar surface area (TPSA) is 106 Å². The van der Waals surface area contributed by atoms with Crippen LogP contribution in [0.15, 0.2) is 102 Å². The summed E-state index contributed by atoms with van der Waals surface area (Å²) in [7, 11) is 0. The van der Waals surface area contributed by atoms with E-state index >= 15 is 0 Å². The molecule has 0 radical (unpaired) electrons. The van der Waals surface area contributed by atoms with Crippen molar-refractivity contribution >= 4 is 29.0 Å². The molecule has 5 aromatic rings. The highest BCUT2D eigenvalue weighted by molar-refractivity contribution is 8.01. The van der Waals surface area contributed by atoms with Crippen LogP contribution in [-0.4, -0.2) is 38.1 Å². The van der Waals surface area contributed by atoms with Crippen molar-refractivity contribution in [3.8, 4) is 11.1 Å². The Morgan fingerprint density at radius 2 is 1.77 bits per heavy atom. The second-order valence-electron chi connectivity index (χ2n) is 10.5. The van der Waals surface area contributed by atoms with Crippen molar-refractivity contribution in [3.05, 3.63) is 130 Å². The lowest BCUT2D eigenvalue weighted by atomic mass is 9.99. The molecule has 2 N–H and O–H groups in total. The Bertz CT molecular complexity index is 1680. The molecule has 1 aliphatic heterocycles. The standard InChI is InChI=1S/C34H32N4O4S2/c1-22-37-38-34(44-22)43-21-30-17-31(26-9-7-23(20-39)8-10-26)42-33(41-30)27-13-11-25(12-14-27)28-5-2-4-24(16-28)18-36-32(40)29-6-3-15-35-19-29/h2-16,19,30-31,33,39H,17-18,20-21H2,1H3,(H,36,40)/t30-,31+,33+/m1/s1. The van der Waals surface area contributed by atoms with Crippen LogP contribution in [0.25, 0.3) is 11.1 Å². The number of aliphatic hydroxyl groups is 1. The maximum atomic E-state index is 12.4. The molecule has 3 atom stereocenters. The minimum atomic E-state index is -0.531. The molecule has 3 heterocycles. The largest absolute Gasteiger partial charge is 0.392 e. The van der Waals surface area contributed by atoms with Gasteiger partial charge in [0.05, 0.1) is 24.4 Å². The Kier molecular flexibility index (Phi) is 9.74. The molecule has 0 saturated carbocycles. The van der Waals surface area contributed by atoms with Crippen molar-refractivity contribution < 1.29 is 19.4 Å². The number of ether oxygens (including phenoxy) is 2. The molecule has 0 spiro atoms. The first-order chi connectivity index (χ1) is 21.5. The number of benzene rings is 3. The lowest BCUT2D eigenvalue weighted by Crippen LogP contribution is -2.31. The molecule has 3 aromatic carbocycles. The third-order valence-corrected chi connectivity index (χ3v) is 9.44. The summed E-state index contributed by atoms with van der Waals surface area (Å²) >= 11 is 3.24. The van der Waals surface area contributed by atoms with Crippen molar-refractivity contribution in [1.82, 2.24) is 20.5 Å². The van der Waals surface area contributed by atoms with Gasteiger partial charge >= 0.3 is 0 Å². The molecular formula is C34H32N4O4S2. The molecule has 0 bridgehead atoms. The van der Waals surface area contributed by atoms with Gasteiger partial charge < -0.3 is 19.9 Å². The predicted octanol–water partition coefficient (Wildman–Crippen LogP) is 6.67. The Labute approximate surface area is 264 Å². The van der Waals surface area contributed by atoms with Crippen molar-refractivity contribution in [2.24, 2.45) is 0 Å². The molecular weight excluding hydrogens is 593 g/mol. The molecule has 0 unspecified atom stereocenters. The van der Waals surface area contributed by atoms with E-state index in [9.17, 15) is 9.90 Å². The van der Waals surface area contributed by atoms with Crippen LogP contribution in [0, 0.1) is 6.92 Å². The van der Waals surface area contributed by atoms with E-state index in [-0.39, 0.29) is 24.7 Å². The minimum Gasteiger partial charge on any atom is -0.392 e. The molecule has 6 rings (SSSR count). The Morgan fingerprint density at radius 1 is 0.955 bits per heavy atom. The highest BCUT2D eigenvalue weighted by Gasteiger charge is 2.32. The number of nitrogens with one attached hydrogen (secondary N) is 1. The number of hydrogen-bond acceptors (Lipinski definition) is 9. The lowest BCUT2D eigenvalue weighted by Gasteiger charge is -2.36. The maximum absolute atomic E-state index is 12.4. The summed E-state index contributed by atoms with van der Waals surface area (Å²) in [5.74, 6) is 0.583. The molecule has 44 heavy (non-hydrogen) atoms. The third-order valence-electron chi connectivity index (χ3n) is 7.34. The average molecular weight is 625 g/mol. The Morgan fingerprint density at radius 3 is 2.50 bits per heavy atom. The molecule has 1 fully saturated rings. The van der Waals surface area contributed by atoms with Crippen LogP contribution in [0.1, 0.15) is 56.4 Å². The van der Waals surface area contributed by atoms with Crippen LogP contribution in [-0.2, 0) is 22.6 Å². The van der Waals surface area contributed by atoms with Gasteiger partial charge in [0, 0.05) is 36.7 Å². The Hall–Kier alpha value is -3.93. The number of carbonyl (C=O) groups is 1. The quantitative estimate of drug-likeness (QED) is 0.166. The summed E-state index contributed by atoms with van der Waals surface area (Å²) in [4.78, 5) is 16.5. The van der Waals surface area contributed by atoms with Crippen molar-refractivity contribution in [1.29, 1.82) is 0 Å². The molecule has 1 saturated heterocycles. The van der Waals surface area contributed by atoms with Crippen LogP contribution < -0.4 is 5.32 Å². The van der Waals surface area contributed by atoms with Gasteiger partial charge in [-0.1, -0.05) is 89.8 Å². The highest BCUT2D eigenvalue weighted by Crippen LogP contribution is 2.40. The van der Waals surface area contributed by atoms with Gasteiger partial charge in [-0.3, -0.25) is 9.78 Å². The minimum absolute atomic E-state index is 0.00731. The van der Waals surface area contributed by atoms with E-state index in [1.54, 1.807) is 47.6 Å². The van der Waals surface area contributed by atoms with Gasteiger partial charge in [-0.2, -0.15) is 0 Å². The summed E-state index contributed by atoms with van der Waals surface area (Å²) < 4.78 is 13.9. The van der Waals surface area contributed by atoms with E-state index in [0.717, 1.165) is 48.5 Å². The van der Waals surface area contributed by atoms with Gasteiger partial charge in [0.15, 0.2) is 10.6 Å². The number of hydrogen-bond donors (Lipinski definition) is 2. The number of carbonyl (C=O) groups excluding carboxylic acids is 1. The van der Waals surface area contributed by atoms with Crippen LogP contribution >= 0.6 is 23.1 Å². The molecule has 8 nitrogen and oxygen atoms in total. The smallest absolute Gasteiger partial charge is 0.253 e. The fourth-order valence-electron chi connectivity index (χ4n) is 5.00. The number of thioether (sulfide) groups is 1. The summed E-state index contributed by atoms with van der Waals surface area (Å²) in [6, 6.07) is 27.8. The van der Waals surface area contributed by atoms with Crippen molar-refractivity contribution in [3.63, 3.8) is 0 Å². The molecule has 0 aliphatic carbocycles. The van der Waals surface area contributed by atoms with E-state index < -0.39 is 6.29 Å². The molecule has 10 heteroatoms. The van der Waals surface area contributed by atoms with E-state index in [4.69, 9.17) is 9.47 Å². The van der Waals surface area contributed by atoms with Gasteiger partial charge in [-0.25, -0.2) is 0 Å². The zero-order chi connectivity index (χ0) is 30.3. The predicted molar refractivity (Wildman–Crippen MR) is 171 cm³/mol. The lowest BCUT2D eigenvalue weighted by molar-refractivity contribution is -0.245. The number of aryl methyl sites for hydroxylation is 1. The number of nitrogens with zero attached hydrogens (tertiary/aromatic N) is 3. The molecule has 1 aliphatic rings. The van der Waals surface area contributed by atoms with E-state index in [2.05, 4.69) is 44.8 Å². The molecule has 224 valence electrons. The first-order valence-electron chi connectivity index (χ1n) is 14.3. The van der Waals surface area contributed by atoms with Gasteiger partial charge in [0.1, 0.15) is 5.01 Å². The molecule has 2 aromatic heterocycles.